The summed E-state index contributed by atoms with van der Waals surface area (Å²) in [6.07, 6.45) is 5.69. The van der Waals surface area contributed by atoms with Crippen molar-refractivity contribution in [2.45, 2.75) is 45.1 Å². The fourth-order valence-corrected chi connectivity index (χ4v) is 3.53. The second kappa shape index (κ2) is 8.34. The fraction of sp³-hybridized carbons (Fsp3) is 0.579. The van der Waals surface area contributed by atoms with E-state index < -0.39 is 0 Å². The van der Waals surface area contributed by atoms with Gasteiger partial charge in [0.2, 0.25) is 0 Å². The summed E-state index contributed by atoms with van der Waals surface area (Å²) in [5, 5.41) is 5.95. The van der Waals surface area contributed by atoms with E-state index in [-0.39, 0.29) is 18.0 Å². The van der Waals surface area contributed by atoms with E-state index in [1.165, 1.54) is 19.3 Å². The van der Waals surface area contributed by atoms with Gasteiger partial charge in [-0.1, -0.05) is 25.3 Å². The second-order valence-corrected chi connectivity index (χ2v) is 6.82. The maximum Gasteiger partial charge on any atom is 0.319 e. The molecule has 2 fully saturated rings. The van der Waals surface area contributed by atoms with Gasteiger partial charge >= 0.3 is 6.03 Å². The van der Waals surface area contributed by atoms with Gasteiger partial charge in [-0.05, 0) is 37.5 Å². The number of rotatable bonds is 3. The molecule has 3 amide bonds. The molecule has 1 aromatic carbocycles. The van der Waals surface area contributed by atoms with Crippen molar-refractivity contribution in [3.8, 4) is 0 Å². The summed E-state index contributed by atoms with van der Waals surface area (Å²) in [5.74, 6) is -0.00265. The Balaban J connectivity index is 1.65. The molecule has 0 spiro atoms. The van der Waals surface area contributed by atoms with Crippen molar-refractivity contribution in [3.05, 3.63) is 29.3 Å². The third kappa shape index (κ3) is 4.51. The Morgan fingerprint density at radius 3 is 2.56 bits per heavy atom. The molecule has 2 aliphatic rings. The molecule has 25 heavy (non-hydrogen) atoms. The first-order chi connectivity index (χ1) is 12.1. The summed E-state index contributed by atoms with van der Waals surface area (Å²) in [5.41, 5.74) is 2.13. The number of benzene rings is 1. The van der Waals surface area contributed by atoms with Gasteiger partial charge in [0.05, 0.1) is 13.2 Å². The minimum absolute atomic E-state index is 0.00265. The quantitative estimate of drug-likeness (QED) is 0.885. The van der Waals surface area contributed by atoms with Gasteiger partial charge in [0.1, 0.15) is 0 Å². The van der Waals surface area contributed by atoms with Crippen molar-refractivity contribution < 1.29 is 14.3 Å². The van der Waals surface area contributed by atoms with Crippen molar-refractivity contribution in [2.75, 3.05) is 31.6 Å². The zero-order valence-electron chi connectivity index (χ0n) is 14.8. The number of carbonyl (C=O) groups excluding carboxylic acids is 2. The number of amides is 3. The van der Waals surface area contributed by atoms with Crippen molar-refractivity contribution in [1.29, 1.82) is 0 Å². The molecule has 0 aromatic heterocycles. The number of hydrogen-bond acceptors (Lipinski definition) is 3. The van der Waals surface area contributed by atoms with Crippen LogP contribution in [0.4, 0.5) is 10.5 Å². The first-order valence-electron chi connectivity index (χ1n) is 9.19. The number of ether oxygens (including phenoxy) is 1. The Hall–Kier alpha value is -2.08. The van der Waals surface area contributed by atoms with Gasteiger partial charge in [0.25, 0.3) is 5.91 Å². The molecular formula is C19H27N3O3. The van der Waals surface area contributed by atoms with Crippen LogP contribution in [-0.2, 0) is 4.74 Å². The van der Waals surface area contributed by atoms with E-state index in [1.54, 1.807) is 4.90 Å². The van der Waals surface area contributed by atoms with Crippen molar-refractivity contribution >= 4 is 17.6 Å². The summed E-state index contributed by atoms with van der Waals surface area (Å²) in [7, 11) is 0. The van der Waals surface area contributed by atoms with Gasteiger partial charge in [0, 0.05) is 30.4 Å². The average molecular weight is 345 g/mol. The van der Waals surface area contributed by atoms with Crippen LogP contribution in [0.5, 0.6) is 0 Å². The van der Waals surface area contributed by atoms with Crippen LogP contribution < -0.4 is 10.6 Å². The highest BCUT2D eigenvalue weighted by Crippen LogP contribution is 2.22. The predicted molar refractivity (Wildman–Crippen MR) is 96.9 cm³/mol. The summed E-state index contributed by atoms with van der Waals surface area (Å²) in [4.78, 5) is 26.8. The van der Waals surface area contributed by atoms with Gasteiger partial charge in [-0.15, -0.1) is 0 Å². The molecule has 1 saturated carbocycles. The number of nitrogens with zero attached hydrogens (tertiary/aromatic N) is 1. The fourth-order valence-electron chi connectivity index (χ4n) is 3.53. The smallest absolute Gasteiger partial charge is 0.319 e. The third-order valence-corrected chi connectivity index (χ3v) is 5.05. The SMILES string of the molecule is Cc1c(NC(=O)NC2CCCCC2)cccc1C(=O)N1CCOCC1. The Morgan fingerprint density at radius 1 is 1.12 bits per heavy atom. The molecule has 1 aliphatic heterocycles. The van der Waals surface area contributed by atoms with Gasteiger partial charge in [-0.25, -0.2) is 4.79 Å². The number of urea groups is 1. The molecule has 0 radical (unpaired) electrons. The lowest BCUT2D eigenvalue weighted by atomic mass is 9.96. The van der Waals surface area contributed by atoms with E-state index in [2.05, 4.69) is 10.6 Å². The Kier molecular flexibility index (Phi) is 5.91. The molecule has 1 heterocycles. The number of morpholine rings is 1. The van der Waals surface area contributed by atoms with Crippen LogP contribution in [0.2, 0.25) is 0 Å². The zero-order chi connectivity index (χ0) is 17.6. The maximum atomic E-state index is 12.7. The number of hydrogen-bond donors (Lipinski definition) is 2. The molecule has 1 aromatic rings. The number of carbonyl (C=O) groups is 2. The largest absolute Gasteiger partial charge is 0.378 e. The molecule has 6 nitrogen and oxygen atoms in total. The van der Waals surface area contributed by atoms with Gasteiger partial charge in [0.15, 0.2) is 0 Å². The van der Waals surface area contributed by atoms with E-state index in [0.717, 1.165) is 18.4 Å². The van der Waals surface area contributed by atoms with E-state index in [0.29, 0.717) is 37.6 Å². The molecule has 0 bridgehead atoms. The molecule has 136 valence electrons. The number of anilines is 1. The van der Waals surface area contributed by atoms with E-state index >= 15 is 0 Å². The van der Waals surface area contributed by atoms with Crippen LogP contribution >= 0.6 is 0 Å². The minimum atomic E-state index is -0.189. The van der Waals surface area contributed by atoms with Crippen LogP contribution in [0.3, 0.4) is 0 Å². The molecule has 0 unspecified atom stereocenters. The maximum absolute atomic E-state index is 12.7. The van der Waals surface area contributed by atoms with Crippen LogP contribution in [0.1, 0.15) is 48.0 Å². The highest BCUT2D eigenvalue weighted by Gasteiger charge is 2.22. The van der Waals surface area contributed by atoms with E-state index in [9.17, 15) is 9.59 Å². The standard InChI is InChI=1S/C19H27N3O3/c1-14-16(18(23)22-10-12-25-13-11-22)8-5-9-17(14)21-19(24)20-15-6-3-2-4-7-15/h5,8-9,15H,2-4,6-7,10-13H2,1H3,(H2,20,21,24). The molecule has 0 atom stereocenters. The predicted octanol–water partition coefficient (Wildman–Crippen LogP) is 2.92. The Morgan fingerprint density at radius 2 is 1.84 bits per heavy atom. The summed E-state index contributed by atoms with van der Waals surface area (Å²) in [6, 6.07) is 5.54. The van der Waals surface area contributed by atoms with Crippen LogP contribution in [-0.4, -0.2) is 49.2 Å². The monoisotopic (exact) mass is 345 g/mol. The summed E-state index contributed by atoms with van der Waals surface area (Å²) < 4.78 is 5.31. The number of nitrogens with one attached hydrogen (secondary N) is 2. The lowest BCUT2D eigenvalue weighted by Crippen LogP contribution is -2.41. The first-order valence-corrected chi connectivity index (χ1v) is 9.19. The van der Waals surface area contributed by atoms with Crippen molar-refractivity contribution in [2.24, 2.45) is 0 Å². The summed E-state index contributed by atoms with van der Waals surface area (Å²) >= 11 is 0. The first kappa shape index (κ1) is 17.7. The Bertz CT molecular complexity index is 620. The molecule has 6 heteroatoms. The zero-order valence-corrected chi connectivity index (χ0v) is 14.8. The van der Waals surface area contributed by atoms with Crippen molar-refractivity contribution in [1.82, 2.24) is 10.2 Å². The van der Waals surface area contributed by atoms with E-state index in [4.69, 9.17) is 4.74 Å². The highest BCUT2D eigenvalue weighted by atomic mass is 16.5. The van der Waals surface area contributed by atoms with Crippen LogP contribution in [0, 0.1) is 6.92 Å². The molecule has 3 rings (SSSR count). The van der Waals surface area contributed by atoms with Crippen molar-refractivity contribution in [3.63, 3.8) is 0 Å². The molecular weight excluding hydrogens is 318 g/mol. The Labute approximate surface area is 148 Å². The normalized spacial score (nSPS) is 18.7. The van der Waals surface area contributed by atoms with Gasteiger partial charge in [-0.2, -0.15) is 0 Å². The average Bonchev–Trinajstić information content (AvgIpc) is 2.64. The van der Waals surface area contributed by atoms with Crippen LogP contribution in [0.25, 0.3) is 0 Å². The second-order valence-electron chi connectivity index (χ2n) is 6.82. The van der Waals surface area contributed by atoms with Crippen LogP contribution in [0.15, 0.2) is 18.2 Å². The summed E-state index contributed by atoms with van der Waals surface area (Å²) in [6.45, 7) is 4.25. The molecule has 1 aliphatic carbocycles. The van der Waals surface area contributed by atoms with E-state index in [1.807, 2.05) is 25.1 Å². The lowest BCUT2D eigenvalue weighted by Gasteiger charge is -2.28. The lowest BCUT2D eigenvalue weighted by molar-refractivity contribution is 0.0302. The molecule has 1 saturated heterocycles. The minimum Gasteiger partial charge on any atom is -0.378 e. The van der Waals surface area contributed by atoms with Gasteiger partial charge < -0.3 is 20.3 Å². The topological polar surface area (TPSA) is 70.7 Å². The molecule has 2 N–H and O–H groups in total. The van der Waals surface area contributed by atoms with Gasteiger partial charge in [-0.3, -0.25) is 4.79 Å². The highest BCUT2D eigenvalue weighted by molar-refractivity contribution is 5.99. The third-order valence-electron chi connectivity index (χ3n) is 5.05.